The zero-order valence-corrected chi connectivity index (χ0v) is 16.1. The highest BCUT2D eigenvalue weighted by atomic mass is 32.2. The Kier molecular flexibility index (Phi) is 4.60. The molecule has 2 fully saturated rings. The molecular formula is C19H21N3O5S. The van der Waals surface area contributed by atoms with Crippen molar-refractivity contribution in [3.8, 4) is 0 Å². The Morgan fingerprint density at radius 1 is 1.11 bits per heavy atom. The molecule has 4 rings (SSSR count). The Morgan fingerprint density at radius 3 is 2.57 bits per heavy atom. The number of nitrogens with zero attached hydrogens (tertiary/aromatic N) is 2. The van der Waals surface area contributed by atoms with Crippen LogP contribution in [-0.2, 0) is 19.6 Å². The second-order valence-electron chi connectivity index (χ2n) is 7.11. The van der Waals surface area contributed by atoms with Crippen LogP contribution in [-0.4, -0.2) is 72.4 Å². The number of piperazine rings is 2. The largest absolute Gasteiger partial charge is 0.391 e. The molecular weight excluding hydrogens is 382 g/mol. The summed E-state index contributed by atoms with van der Waals surface area (Å²) in [5.41, 5.74) is 0. The Hall–Kier alpha value is -2.49. The summed E-state index contributed by atoms with van der Waals surface area (Å²) < 4.78 is 27.8. The van der Waals surface area contributed by atoms with E-state index in [1.165, 1.54) is 16.1 Å². The van der Waals surface area contributed by atoms with E-state index in [4.69, 9.17) is 0 Å². The van der Waals surface area contributed by atoms with E-state index in [2.05, 4.69) is 5.32 Å². The van der Waals surface area contributed by atoms with Crippen LogP contribution in [0.2, 0.25) is 0 Å². The van der Waals surface area contributed by atoms with Gasteiger partial charge in [0.2, 0.25) is 21.8 Å². The lowest BCUT2D eigenvalue weighted by molar-refractivity contribution is -0.154. The van der Waals surface area contributed by atoms with Crippen LogP contribution in [0.5, 0.6) is 0 Å². The molecule has 0 bridgehead atoms. The molecule has 0 unspecified atom stereocenters. The molecule has 28 heavy (non-hydrogen) atoms. The number of hydrogen-bond acceptors (Lipinski definition) is 5. The standard InChI is InChI=1S/C19H21N3O5S/c1-12(23)17-19(25)22-10-9-21(11-15(22)18(24)20-17)28(26,27)16-8-4-6-13-5-2-3-7-14(13)16/h2-8,12,15,17,23H,9-11H2,1H3,(H,20,24)/t12-,15+,17+/m0/s1. The predicted octanol–water partition coefficient (Wildman–Crippen LogP) is -0.0795. The first-order valence-corrected chi connectivity index (χ1v) is 10.5. The second-order valence-corrected chi connectivity index (χ2v) is 9.02. The van der Waals surface area contributed by atoms with E-state index in [1.54, 1.807) is 24.3 Å². The van der Waals surface area contributed by atoms with Gasteiger partial charge in [0.05, 0.1) is 11.0 Å². The van der Waals surface area contributed by atoms with Crippen molar-refractivity contribution in [2.24, 2.45) is 0 Å². The molecule has 148 valence electrons. The number of rotatable bonds is 3. The van der Waals surface area contributed by atoms with E-state index in [9.17, 15) is 23.1 Å². The van der Waals surface area contributed by atoms with E-state index < -0.39 is 34.1 Å². The summed E-state index contributed by atoms with van der Waals surface area (Å²) in [4.78, 5) is 26.6. The average Bonchev–Trinajstić information content (AvgIpc) is 2.69. The third-order valence-corrected chi connectivity index (χ3v) is 7.27. The smallest absolute Gasteiger partial charge is 0.248 e. The Labute approximate surface area is 162 Å². The predicted molar refractivity (Wildman–Crippen MR) is 102 cm³/mol. The molecule has 2 saturated heterocycles. The monoisotopic (exact) mass is 403 g/mol. The SMILES string of the molecule is C[C@H](O)[C@H]1NC(=O)[C@H]2CN(S(=O)(=O)c3cccc4ccccc34)CCN2C1=O. The number of sulfonamides is 1. The quantitative estimate of drug-likeness (QED) is 0.746. The summed E-state index contributed by atoms with van der Waals surface area (Å²) in [6.07, 6.45) is -1.02. The normalized spacial score (nSPS) is 24.7. The summed E-state index contributed by atoms with van der Waals surface area (Å²) in [6.45, 7) is 1.51. The number of carbonyl (C=O) groups is 2. The summed E-state index contributed by atoms with van der Waals surface area (Å²) in [6, 6.07) is 10.4. The zero-order chi connectivity index (χ0) is 20.1. The molecule has 2 heterocycles. The third kappa shape index (κ3) is 2.95. The number of carbonyl (C=O) groups excluding carboxylic acids is 2. The van der Waals surface area contributed by atoms with Crippen LogP contribution in [0.25, 0.3) is 10.8 Å². The van der Waals surface area contributed by atoms with Crippen molar-refractivity contribution in [1.29, 1.82) is 0 Å². The number of aliphatic hydroxyl groups is 1. The van der Waals surface area contributed by atoms with E-state index in [1.807, 2.05) is 18.2 Å². The number of aliphatic hydroxyl groups excluding tert-OH is 1. The fourth-order valence-electron chi connectivity index (χ4n) is 3.84. The zero-order valence-electron chi connectivity index (χ0n) is 15.3. The van der Waals surface area contributed by atoms with Crippen LogP contribution in [0.15, 0.2) is 47.4 Å². The maximum atomic E-state index is 13.3. The van der Waals surface area contributed by atoms with Crippen molar-refractivity contribution in [2.75, 3.05) is 19.6 Å². The number of nitrogens with one attached hydrogen (secondary N) is 1. The minimum Gasteiger partial charge on any atom is -0.391 e. The van der Waals surface area contributed by atoms with Gasteiger partial charge in [-0.3, -0.25) is 9.59 Å². The molecule has 9 heteroatoms. The molecule has 0 saturated carbocycles. The number of amides is 2. The molecule has 0 spiro atoms. The molecule has 3 atom stereocenters. The maximum Gasteiger partial charge on any atom is 0.248 e. The molecule has 2 aromatic carbocycles. The van der Waals surface area contributed by atoms with Gasteiger partial charge < -0.3 is 15.3 Å². The van der Waals surface area contributed by atoms with Crippen molar-refractivity contribution in [1.82, 2.24) is 14.5 Å². The van der Waals surface area contributed by atoms with Crippen molar-refractivity contribution < 1.29 is 23.1 Å². The van der Waals surface area contributed by atoms with Gasteiger partial charge in [-0.05, 0) is 18.4 Å². The molecule has 0 aliphatic carbocycles. The highest BCUT2D eigenvalue weighted by molar-refractivity contribution is 7.89. The first-order valence-electron chi connectivity index (χ1n) is 9.07. The van der Waals surface area contributed by atoms with Gasteiger partial charge in [0.1, 0.15) is 12.1 Å². The van der Waals surface area contributed by atoms with Gasteiger partial charge in [-0.1, -0.05) is 36.4 Å². The summed E-state index contributed by atoms with van der Waals surface area (Å²) >= 11 is 0. The van der Waals surface area contributed by atoms with Gasteiger partial charge in [-0.25, -0.2) is 8.42 Å². The highest BCUT2D eigenvalue weighted by Crippen LogP contribution is 2.28. The lowest BCUT2D eigenvalue weighted by Gasteiger charge is -2.45. The van der Waals surface area contributed by atoms with Crippen molar-refractivity contribution >= 4 is 32.6 Å². The van der Waals surface area contributed by atoms with Gasteiger partial charge >= 0.3 is 0 Å². The highest BCUT2D eigenvalue weighted by Gasteiger charge is 2.47. The Bertz CT molecular complexity index is 1050. The number of fused-ring (bicyclic) bond motifs is 2. The number of benzene rings is 2. The Balaban J connectivity index is 1.65. The molecule has 2 N–H and O–H groups in total. The second kappa shape index (κ2) is 6.84. The van der Waals surface area contributed by atoms with Crippen LogP contribution in [0.1, 0.15) is 6.92 Å². The fourth-order valence-corrected chi connectivity index (χ4v) is 5.49. The molecule has 0 aromatic heterocycles. The van der Waals surface area contributed by atoms with E-state index in [0.29, 0.717) is 5.39 Å². The molecule has 2 aliphatic heterocycles. The van der Waals surface area contributed by atoms with Crippen LogP contribution in [0.3, 0.4) is 0 Å². The van der Waals surface area contributed by atoms with Crippen molar-refractivity contribution in [3.63, 3.8) is 0 Å². The van der Waals surface area contributed by atoms with Crippen LogP contribution >= 0.6 is 0 Å². The van der Waals surface area contributed by atoms with Gasteiger partial charge in [0, 0.05) is 25.0 Å². The minimum atomic E-state index is -3.84. The van der Waals surface area contributed by atoms with Crippen molar-refractivity contribution in [3.05, 3.63) is 42.5 Å². The van der Waals surface area contributed by atoms with Crippen molar-refractivity contribution in [2.45, 2.75) is 30.0 Å². The van der Waals surface area contributed by atoms with Gasteiger partial charge in [0.25, 0.3) is 0 Å². The lowest BCUT2D eigenvalue weighted by atomic mass is 10.0. The van der Waals surface area contributed by atoms with Gasteiger partial charge in [0.15, 0.2) is 0 Å². The third-order valence-electron chi connectivity index (χ3n) is 5.34. The molecule has 2 amide bonds. The first kappa shape index (κ1) is 18.9. The Morgan fingerprint density at radius 2 is 1.82 bits per heavy atom. The van der Waals surface area contributed by atoms with E-state index in [-0.39, 0.29) is 30.4 Å². The maximum absolute atomic E-state index is 13.3. The van der Waals surface area contributed by atoms with Crippen LogP contribution in [0, 0.1) is 0 Å². The number of hydrogen-bond donors (Lipinski definition) is 2. The molecule has 0 radical (unpaired) electrons. The molecule has 2 aromatic rings. The van der Waals surface area contributed by atoms with Gasteiger partial charge in [-0.15, -0.1) is 0 Å². The minimum absolute atomic E-state index is 0.0909. The van der Waals surface area contributed by atoms with Crippen LogP contribution in [0.4, 0.5) is 0 Å². The molecule has 2 aliphatic rings. The fraction of sp³-hybridized carbons (Fsp3) is 0.368. The van der Waals surface area contributed by atoms with Gasteiger partial charge in [-0.2, -0.15) is 4.31 Å². The van der Waals surface area contributed by atoms with E-state index >= 15 is 0 Å². The van der Waals surface area contributed by atoms with Crippen LogP contribution < -0.4 is 5.32 Å². The lowest BCUT2D eigenvalue weighted by Crippen LogP contribution is -2.71. The van der Waals surface area contributed by atoms with E-state index in [0.717, 1.165) is 5.39 Å². The average molecular weight is 403 g/mol. The first-order chi connectivity index (χ1) is 13.3. The summed E-state index contributed by atoms with van der Waals surface area (Å²) in [5.74, 6) is -0.842. The summed E-state index contributed by atoms with van der Waals surface area (Å²) in [7, 11) is -3.84. The summed E-state index contributed by atoms with van der Waals surface area (Å²) in [5, 5.41) is 13.7. The molecule has 8 nitrogen and oxygen atoms in total. The topological polar surface area (TPSA) is 107 Å².